The zero-order chi connectivity index (χ0) is 5.11. The van der Waals surface area contributed by atoms with Gasteiger partial charge >= 0.3 is 0 Å². The van der Waals surface area contributed by atoms with Crippen LogP contribution in [0.15, 0.2) is 0 Å². The maximum Gasteiger partial charge on any atom is 0.162 e. The van der Waals surface area contributed by atoms with Gasteiger partial charge in [-0.05, 0) is 10.4 Å². The summed E-state index contributed by atoms with van der Waals surface area (Å²) in [6.07, 6.45) is 0. The average Bonchev–Trinajstić information content (AvgIpc) is 2.14. The second-order valence-electron chi connectivity index (χ2n) is 0.916. The van der Waals surface area contributed by atoms with E-state index in [0.29, 0.717) is 5.82 Å². The second-order valence-corrected chi connectivity index (χ2v) is 1.17. The lowest BCUT2D eigenvalue weighted by Crippen LogP contribution is -1.75. The molecule has 1 N–H and O–H groups in total. The van der Waals surface area contributed by atoms with Crippen LogP contribution in [0.3, 0.4) is 0 Å². The van der Waals surface area contributed by atoms with Gasteiger partial charge < -0.3 is 0 Å². The van der Waals surface area contributed by atoms with E-state index in [1.54, 1.807) is 0 Å². The van der Waals surface area contributed by atoms with Crippen LogP contribution in [0.1, 0.15) is 5.82 Å². The van der Waals surface area contributed by atoms with Gasteiger partial charge in [0.2, 0.25) is 0 Å². The van der Waals surface area contributed by atoms with Crippen molar-refractivity contribution in [3.63, 3.8) is 0 Å². The summed E-state index contributed by atoms with van der Waals surface area (Å²) in [6, 6.07) is 0. The maximum atomic E-state index is 3.78. The Morgan fingerprint density at radius 1 is 1.71 bits per heavy atom. The molecule has 7 heavy (non-hydrogen) atoms. The molecular formula is C2H3N4S. The molecule has 5 heteroatoms. The molecule has 0 atom stereocenters. The fourth-order valence-corrected chi connectivity index (χ4v) is 0.331. The lowest BCUT2D eigenvalue weighted by Gasteiger charge is -1.73. The topological polar surface area (TPSA) is 54.5 Å². The molecule has 0 amide bonds. The Balaban J connectivity index is 2.76. The van der Waals surface area contributed by atoms with E-state index in [9.17, 15) is 0 Å². The molecule has 0 saturated heterocycles. The molecule has 0 aliphatic rings. The molecule has 4 nitrogen and oxygen atoms in total. The normalized spacial score (nSPS) is 9.29. The molecule has 0 bridgehead atoms. The first-order valence-electron chi connectivity index (χ1n) is 1.64. The number of nitrogens with one attached hydrogen (secondary N) is 1. The predicted octanol–water partition coefficient (Wildman–Crippen LogP) is -0.361. The zero-order valence-electron chi connectivity index (χ0n) is 3.37. The van der Waals surface area contributed by atoms with Crippen LogP contribution in [0.5, 0.6) is 0 Å². The van der Waals surface area contributed by atoms with E-state index in [2.05, 4.69) is 33.3 Å². The van der Waals surface area contributed by atoms with Gasteiger partial charge in [-0.1, -0.05) is 0 Å². The van der Waals surface area contributed by atoms with E-state index in [1.165, 1.54) is 5.75 Å². The molecule has 0 unspecified atom stereocenters. The first kappa shape index (κ1) is 4.58. The van der Waals surface area contributed by atoms with Crippen LogP contribution in [0.4, 0.5) is 0 Å². The third-order valence-electron chi connectivity index (χ3n) is 0.484. The van der Waals surface area contributed by atoms with Crippen LogP contribution >= 0.6 is 12.6 Å². The van der Waals surface area contributed by atoms with E-state index < -0.39 is 0 Å². The van der Waals surface area contributed by atoms with Crippen molar-refractivity contribution in [2.24, 2.45) is 0 Å². The molecule has 0 spiro atoms. The van der Waals surface area contributed by atoms with Gasteiger partial charge in [0.1, 0.15) is 0 Å². The summed E-state index contributed by atoms with van der Waals surface area (Å²) in [4.78, 5) is 0. The predicted molar refractivity (Wildman–Crippen MR) is 26.6 cm³/mol. The summed E-state index contributed by atoms with van der Waals surface area (Å²) < 4.78 is 0. The van der Waals surface area contributed by atoms with Crippen molar-refractivity contribution in [2.75, 3.05) is 0 Å². The number of hydrogen-bond donors (Lipinski definition) is 2. The fraction of sp³-hybridized carbons (Fsp3) is 0. The highest BCUT2D eigenvalue weighted by molar-refractivity contribution is 7.82. The van der Waals surface area contributed by atoms with Crippen molar-refractivity contribution < 1.29 is 0 Å². The van der Waals surface area contributed by atoms with Crippen LogP contribution in [0.25, 0.3) is 0 Å². The van der Waals surface area contributed by atoms with Crippen molar-refractivity contribution >= 4 is 12.6 Å². The molecule has 0 aromatic carbocycles. The van der Waals surface area contributed by atoms with Gasteiger partial charge in [0.15, 0.2) is 5.82 Å². The highest BCUT2D eigenvalue weighted by atomic mass is 32.1. The minimum Gasteiger partial charge on any atom is -0.242 e. The lowest BCUT2D eigenvalue weighted by atomic mass is 10.8. The summed E-state index contributed by atoms with van der Waals surface area (Å²) in [5, 5.41) is 12.6. The van der Waals surface area contributed by atoms with E-state index in [4.69, 9.17) is 0 Å². The number of thiol groups is 1. The summed E-state index contributed by atoms with van der Waals surface area (Å²) in [6.45, 7) is 0. The number of rotatable bonds is 1. The van der Waals surface area contributed by atoms with Crippen LogP contribution in [0, 0.1) is 5.75 Å². The fourth-order valence-electron chi connectivity index (χ4n) is 0.221. The molecule has 0 aliphatic heterocycles. The van der Waals surface area contributed by atoms with Crippen LogP contribution in [-0.2, 0) is 0 Å². The van der Waals surface area contributed by atoms with Crippen molar-refractivity contribution in [1.29, 1.82) is 0 Å². The molecular weight excluding hydrogens is 112 g/mol. The van der Waals surface area contributed by atoms with E-state index in [0.717, 1.165) is 0 Å². The van der Waals surface area contributed by atoms with Gasteiger partial charge in [0.25, 0.3) is 0 Å². The number of H-pyrrole nitrogens is 1. The molecule has 37 valence electrons. The summed E-state index contributed by atoms with van der Waals surface area (Å²) in [7, 11) is 0. The molecule has 1 rings (SSSR count). The first-order valence-corrected chi connectivity index (χ1v) is 2.16. The Bertz CT molecular complexity index is 124. The SMILES string of the molecule is S[CH]c1nnn[nH]1. The minimum atomic E-state index is 0.573. The molecule has 1 aromatic rings. The Kier molecular flexibility index (Phi) is 1.26. The molecule has 1 heterocycles. The van der Waals surface area contributed by atoms with Crippen molar-refractivity contribution in [1.82, 2.24) is 20.6 Å². The van der Waals surface area contributed by atoms with E-state index >= 15 is 0 Å². The van der Waals surface area contributed by atoms with Crippen molar-refractivity contribution in [3.05, 3.63) is 11.6 Å². The second kappa shape index (κ2) is 1.92. The smallest absolute Gasteiger partial charge is 0.162 e. The molecule has 0 aliphatic carbocycles. The number of aromatic amines is 1. The summed E-state index contributed by atoms with van der Waals surface area (Å²) in [5.74, 6) is 2.06. The van der Waals surface area contributed by atoms with Gasteiger partial charge in [-0.25, -0.2) is 5.10 Å². The largest absolute Gasteiger partial charge is 0.242 e. The standard InChI is InChI=1S/C2H3N4S/c7-1-2-3-5-6-4-2/h1,7H,(H,3,4,5,6). The van der Waals surface area contributed by atoms with Crippen molar-refractivity contribution in [3.8, 4) is 0 Å². The van der Waals surface area contributed by atoms with Gasteiger partial charge in [-0.2, -0.15) is 12.6 Å². The van der Waals surface area contributed by atoms with Gasteiger partial charge in [0, 0.05) is 0 Å². The highest BCUT2D eigenvalue weighted by Gasteiger charge is 1.87. The third kappa shape index (κ3) is 0.894. The van der Waals surface area contributed by atoms with Gasteiger partial charge in [-0.3, -0.25) is 0 Å². The monoisotopic (exact) mass is 115 g/mol. The van der Waals surface area contributed by atoms with Crippen LogP contribution in [0.2, 0.25) is 0 Å². The van der Waals surface area contributed by atoms with Crippen LogP contribution < -0.4 is 0 Å². The Morgan fingerprint density at radius 2 is 2.57 bits per heavy atom. The lowest BCUT2D eigenvalue weighted by molar-refractivity contribution is 0.881. The van der Waals surface area contributed by atoms with E-state index in [1.807, 2.05) is 0 Å². The molecule has 1 radical (unpaired) electrons. The van der Waals surface area contributed by atoms with Gasteiger partial charge in [0.05, 0.1) is 5.75 Å². The average molecular weight is 115 g/mol. The van der Waals surface area contributed by atoms with Crippen molar-refractivity contribution in [2.45, 2.75) is 0 Å². The first-order chi connectivity index (χ1) is 3.43. The number of aromatic nitrogens is 4. The van der Waals surface area contributed by atoms with E-state index in [-0.39, 0.29) is 0 Å². The minimum absolute atomic E-state index is 0.573. The summed E-state index contributed by atoms with van der Waals surface area (Å²) in [5.41, 5.74) is 0. The Morgan fingerprint density at radius 3 is 2.86 bits per heavy atom. The Hall–Kier alpha value is -0.580. The highest BCUT2D eigenvalue weighted by Crippen LogP contribution is 1.90. The molecule has 0 fully saturated rings. The summed E-state index contributed by atoms with van der Waals surface area (Å²) >= 11 is 3.78. The molecule has 0 saturated carbocycles. The van der Waals surface area contributed by atoms with Crippen LogP contribution in [-0.4, -0.2) is 20.6 Å². The number of hydrogen-bond acceptors (Lipinski definition) is 4. The Labute approximate surface area is 45.7 Å². The zero-order valence-corrected chi connectivity index (χ0v) is 4.26. The number of tetrazole rings is 1. The maximum absolute atomic E-state index is 3.78. The van der Waals surface area contributed by atoms with Gasteiger partial charge in [-0.15, -0.1) is 5.10 Å². The quantitative estimate of drug-likeness (QED) is 0.491. The molecule has 1 aromatic heterocycles. The third-order valence-corrected chi connectivity index (χ3v) is 0.729. The number of nitrogens with zero attached hydrogens (tertiary/aromatic N) is 3.